The van der Waals surface area contributed by atoms with Gasteiger partial charge in [0.05, 0.1) is 11.5 Å². The molecule has 0 saturated heterocycles. The van der Waals surface area contributed by atoms with E-state index < -0.39 is 26.0 Å². The Kier molecular flexibility index (Phi) is 7.01. The maximum Gasteiger partial charge on any atom is 0.255 e. The van der Waals surface area contributed by atoms with Crippen molar-refractivity contribution in [3.63, 3.8) is 0 Å². The summed E-state index contributed by atoms with van der Waals surface area (Å²) in [5, 5.41) is 7.62. The summed E-state index contributed by atoms with van der Waals surface area (Å²) in [5.74, 6) is -0.438. The largest absolute Gasteiger partial charge is 0.492 e. The molecule has 9 nitrogen and oxygen atoms in total. The Morgan fingerprint density at radius 2 is 1.69 bits per heavy atom. The van der Waals surface area contributed by atoms with Gasteiger partial charge in [0, 0.05) is 17.3 Å². The standard InChI is InChI=1S/C18H23N3O6S2/c1-4-27-16-10-5-13(11-17(16)29(25,26)21-12(2)3)18(22)20-14-6-8-15(9-7-14)28(19,23)24/h5-12,21H,4H2,1-3H3,(H,20,22)(H2,19,23,24). The summed E-state index contributed by atoms with van der Waals surface area (Å²) in [6, 6.07) is 9.00. The summed E-state index contributed by atoms with van der Waals surface area (Å²) in [5.41, 5.74) is 0.411. The van der Waals surface area contributed by atoms with E-state index in [1.807, 2.05) is 0 Å². The van der Waals surface area contributed by atoms with Gasteiger partial charge in [-0.05, 0) is 63.2 Å². The van der Waals surface area contributed by atoms with Gasteiger partial charge in [-0.2, -0.15) is 0 Å². The molecule has 2 rings (SSSR count). The number of hydrogen-bond acceptors (Lipinski definition) is 6. The number of carbonyl (C=O) groups excluding carboxylic acids is 1. The second kappa shape index (κ2) is 8.91. The number of primary sulfonamides is 1. The maximum absolute atomic E-state index is 12.6. The zero-order valence-corrected chi connectivity index (χ0v) is 17.8. The van der Waals surface area contributed by atoms with E-state index in [9.17, 15) is 21.6 Å². The fraction of sp³-hybridized carbons (Fsp3) is 0.278. The van der Waals surface area contributed by atoms with Crippen molar-refractivity contribution in [3.05, 3.63) is 48.0 Å². The number of rotatable bonds is 8. The van der Waals surface area contributed by atoms with Crippen LogP contribution in [0.5, 0.6) is 5.75 Å². The molecule has 0 aliphatic heterocycles. The van der Waals surface area contributed by atoms with Crippen molar-refractivity contribution in [2.45, 2.75) is 36.6 Å². The van der Waals surface area contributed by atoms with Gasteiger partial charge >= 0.3 is 0 Å². The van der Waals surface area contributed by atoms with E-state index >= 15 is 0 Å². The highest BCUT2D eigenvalue weighted by Gasteiger charge is 2.23. The van der Waals surface area contributed by atoms with Gasteiger partial charge in [0.2, 0.25) is 20.0 Å². The number of hydrogen-bond donors (Lipinski definition) is 3. The van der Waals surface area contributed by atoms with E-state index in [2.05, 4.69) is 10.0 Å². The highest BCUT2D eigenvalue weighted by atomic mass is 32.2. The zero-order valence-electron chi connectivity index (χ0n) is 16.2. The zero-order chi connectivity index (χ0) is 21.8. The first-order valence-corrected chi connectivity index (χ1v) is 11.7. The topological polar surface area (TPSA) is 145 Å². The lowest BCUT2D eigenvalue weighted by Crippen LogP contribution is -2.30. The summed E-state index contributed by atoms with van der Waals surface area (Å²) in [6.45, 7) is 5.34. The average Bonchev–Trinajstić information content (AvgIpc) is 2.60. The third kappa shape index (κ3) is 6.00. The smallest absolute Gasteiger partial charge is 0.255 e. The average molecular weight is 442 g/mol. The van der Waals surface area contributed by atoms with Crippen LogP contribution in [0.25, 0.3) is 0 Å². The molecule has 0 fully saturated rings. The van der Waals surface area contributed by atoms with Crippen molar-refractivity contribution in [1.29, 1.82) is 0 Å². The minimum Gasteiger partial charge on any atom is -0.492 e. The van der Waals surface area contributed by atoms with Gasteiger partial charge in [0.25, 0.3) is 5.91 Å². The summed E-state index contributed by atoms with van der Waals surface area (Å²) >= 11 is 0. The molecule has 0 aliphatic rings. The molecule has 1 amide bonds. The van der Waals surface area contributed by atoms with Crippen LogP contribution in [0.1, 0.15) is 31.1 Å². The molecule has 0 radical (unpaired) electrons. The second-order valence-electron chi connectivity index (χ2n) is 6.39. The highest BCUT2D eigenvalue weighted by molar-refractivity contribution is 7.89. The molecule has 0 spiro atoms. The molecule has 0 unspecified atom stereocenters. The van der Waals surface area contributed by atoms with Gasteiger partial charge in [-0.1, -0.05) is 0 Å². The number of nitrogens with two attached hydrogens (primary N) is 1. The minimum absolute atomic E-state index is 0.0908. The Morgan fingerprint density at radius 3 is 2.21 bits per heavy atom. The molecule has 29 heavy (non-hydrogen) atoms. The van der Waals surface area contributed by atoms with Crippen molar-refractivity contribution in [2.75, 3.05) is 11.9 Å². The third-order valence-corrected chi connectivity index (χ3v) is 6.24. The number of sulfonamides is 2. The predicted octanol–water partition coefficient (Wildman–Crippen LogP) is 1.67. The second-order valence-corrected chi connectivity index (χ2v) is 9.64. The summed E-state index contributed by atoms with van der Waals surface area (Å²) < 4.78 is 55.7. The van der Waals surface area contributed by atoms with Crippen LogP contribution in [0, 0.1) is 0 Å². The SMILES string of the molecule is CCOc1ccc(C(=O)Nc2ccc(S(N)(=O)=O)cc2)cc1S(=O)(=O)NC(C)C. The number of benzene rings is 2. The van der Waals surface area contributed by atoms with Crippen LogP contribution >= 0.6 is 0 Å². The normalized spacial score (nSPS) is 12.0. The van der Waals surface area contributed by atoms with E-state index in [0.717, 1.165) is 0 Å². The van der Waals surface area contributed by atoms with Gasteiger partial charge in [-0.15, -0.1) is 0 Å². The van der Waals surface area contributed by atoms with Crippen LogP contribution < -0.4 is 19.9 Å². The number of ether oxygens (including phenoxy) is 1. The molecular weight excluding hydrogens is 418 g/mol. The molecule has 4 N–H and O–H groups in total. The van der Waals surface area contributed by atoms with E-state index in [1.54, 1.807) is 20.8 Å². The molecule has 0 aliphatic carbocycles. The maximum atomic E-state index is 12.6. The summed E-state index contributed by atoms with van der Waals surface area (Å²) in [6.07, 6.45) is 0. The molecule has 11 heteroatoms. The lowest BCUT2D eigenvalue weighted by atomic mass is 10.2. The molecule has 0 aromatic heterocycles. The van der Waals surface area contributed by atoms with Crippen LogP contribution in [0.15, 0.2) is 52.3 Å². The lowest BCUT2D eigenvalue weighted by molar-refractivity contribution is 0.102. The van der Waals surface area contributed by atoms with Crippen LogP contribution in [-0.4, -0.2) is 35.4 Å². The van der Waals surface area contributed by atoms with Crippen LogP contribution in [0.4, 0.5) is 5.69 Å². The molecule has 2 aromatic rings. The lowest BCUT2D eigenvalue weighted by Gasteiger charge is -2.15. The molecule has 0 atom stereocenters. The van der Waals surface area contributed by atoms with Crippen LogP contribution in [-0.2, 0) is 20.0 Å². The van der Waals surface area contributed by atoms with Crippen LogP contribution in [0.3, 0.4) is 0 Å². The summed E-state index contributed by atoms with van der Waals surface area (Å²) in [4.78, 5) is 12.3. The molecule has 0 saturated carbocycles. The van der Waals surface area contributed by atoms with E-state index in [1.165, 1.54) is 42.5 Å². The first-order valence-electron chi connectivity index (χ1n) is 8.67. The van der Waals surface area contributed by atoms with E-state index in [4.69, 9.17) is 9.88 Å². The monoisotopic (exact) mass is 441 g/mol. The Morgan fingerprint density at radius 1 is 1.07 bits per heavy atom. The molecule has 0 heterocycles. The first-order chi connectivity index (χ1) is 13.4. The minimum atomic E-state index is -3.90. The van der Waals surface area contributed by atoms with E-state index in [-0.39, 0.29) is 33.8 Å². The van der Waals surface area contributed by atoms with Crippen molar-refractivity contribution in [1.82, 2.24) is 4.72 Å². The Balaban J connectivity index is 2.34. The molecule has 0 bridgehead atoms. The quantitative estimate of drug-likeness (QED) is 0.568. The van der Waals surface area contributed by atoms with Gasteiger partial charge < -0.3 is 10.1 Å². The van der Waals surface area contributed by atoms with Crippen molar-refractivity contribution in [2.24, 2.45) is 5.14 Å². The summed E-state index contributed by atoms with van der Waals surface area (Å²) in [7, 11) is -7.74. The Labute approximate surface area is 170 Å². The van der Waals surface area contributed by atoms with Gasteiger partial charge in [0.1, 0.15) is 10.6 Å². The third-order valence-electron chi connectivity index (χ3n) is 3.63. The Hall–Kier alpha value is -2.47. The number of amides is 1. The van der Waals surface area contributed by atoms with Gasteiger partial charge in [0.15, 0.2) is 0 Å². The van der Waals surface area contributed by atoms with Crippen molar-refractivity contribution >= 4 is 31.6 Å². The Bertz CT molecular complexity index is 1090. The van der Waals surface area contributed by atoms with Crippen molar-refractivity contribution in [3.8, 4) is 5.75 Å². The van der Waals surface area contributed by atoms with Crippen molar-refractivity contribution < 1.29 is 26.4 Å². The van der Waals surface area contributed by atoms with E-state index in [0.29, 0.717) is 5.69 Å². The highest BCUT2D eigenvalue weighted by Crippen LogP contribution is 2.26. The fourth-order valence-electron chi connectivity index (χ4n) is 2.44. The molecule has 158 valence electrons. The number of nitrogens with one attached hydrogen (secondary N) is 2. The fourth-order valence-corrected chi connectivity index (χ4v) is 4.38. The number of anilines is 1. The molecule has 2 aromatic carbocycles. The number of carbonyl (C=O) groups is 1. The van der Waals surface area contributed by atoms with Gasteiger partial charge in [-0.25, -0.2) is 26.7 Å². The predicted molar refractivity (Wildman–Crippen MR) is 109 cm³/mol. The molecular formula is C18H23N3O6S2. The first kappa shape index (κ1) is 22.8. The van der Waals surface area contributed by atoms with Crippen LogP contribution in [0.2, 0.25) is 0 Å². The van der Waals surface area contributed by atoms with Gasteiger partial charge in [-0.3, -0.25) is 4.79 Å².